The van der Waals surface area contributed by atoms with Gasteiger partial charge in [-0.3, -0.25) is 0 Å². The van der Waals surface area contributed by atoms with Gasteiger partial charge in [0.2, 0.25) is 0 Å². The van der Waals surface area contributed by atoms with Crippen molar-refractivity contribution in [3.8, 4) is 11.5 Å². The third-order valence-corrected chi connectivity index (χ3v) is 3.46. The van der Waals surface area contributed by atoms with Crippen LogP contribution in [0.15, 0.2) is 48.5 Å². The van der Waals surface area contributed by atoms with E-state index in [4.69, 9.17) is 9.47 Å². The SMILES string of the molecule is COc1ccc2c(c1)C(c1ccccc1)CCO2. The molecule has 0 aromatic heterocycles. The van der Waals surface area contributed by atoms with Gasteiger partial charge in [0.05, 0.1) is 13.7 Å². The largest absolute Gasteiger partial charge is 0.497 e. The first-order valence-corrected chi connectivity index (χ1v) is 6.24. The number of fused-ring (bicyclic) bond motifs is 1. The van der Waals surface area contributed by atoms with Gasteiger partial charge in [0.15, 0.2) is 0 Å². The molecule has 18 heavy (non-hydrogen) atoms. The molecule has 2 nitrogen and oxygen atoms in total. The van der Waals surface area contributed by atoms with Gasteiger partial charge in [0.25, 0.3) is 0 Å². The number of hydrogen-bond donors (Lipinski definition) is 0. The summed E-state index contributed by atoms with van der Waals surface area (Å²) in [5, 5.41) is 0. The maximum Gasteiger partial charge on any atom is 0.123 e. The lowest BCUT2D eigenvalue weighted by molar-refractivity contribution is 0.276. The summed E-state index contributed by atoms with van der Waals surface area (Å²) in [4.78, 5) is 0. The molecular formula is C16H16O2. The molecule has 0 N–H and O–H groups in total. The van der Waals surface area contributed by atoms with E-state index in [1.54, 1.807) is 7.11 Å². The van der Waals surface area contributed by atoms with Crippen LogP contribution in [0, 0.1) is 0 Å². The van der Waals surface area contributed by atoms with Crippen molar-refractivity contribution in [3.63, 3.8) is 0 Å². The number of hydrogen-bond acceptors (Lipinski definition) is 2. The van der Waals surface area contributed by atoms with Crippen LogP contribution in [-0.4, -0.2) is 13.7 Å². The number of methoxy groups -OCH3 is 1. The molecule has 1 atom stereocenters. The van der Waals surface area contributed by atoms with Crippen molar-refractivity contribution in [2.24, 2.45) is 0 Å². The molecule has 1 aliphatic heterocycles. The molecule has 0 amide bonds. The molecule has 0 bridgehead atoms. The maximum atomic E-state index is 5.72. The summed E-state index contributed by atoms with van der Waals surface area (Å²) in [5.41, 5.74) is 2.57. The highest BCUT2D eigenvalue weighted by molar-refractivity contribution is 5.47. The summed E-state index contributed by atoms with van der Waals surface area (Å²) < 4.78 is 11.0. The second kappa shape index (κ2) is 4.73. The molecule has 0 spiro atoms. The lowest BCUT2D eigenvalue weighted by Crippen LogP contribution is -2.15. The van der Waals surface area contributed by atoms with Crippen LogP contribution in [0.5, 0.6) is 11.5 Å². The van der Waals surface area contributed by atoms with Crippen LogP contribution in [0.3, 0.4) is 0 Å². The molecule has 0 saturated heterocycles. The smallest absolute Gasteiger partial charge is 0.123 e. The Morgan fingerprint density at radius 2 is 1.94 bits per heavy atom. The molecule has 0 saturated carbocycles. The van der Waals surface area contributed by atoms with Crippen LogP contribution in [0.1, 0.15) is 23.5 Å². The molecule has 1 heterocycles. The summed E-state index contributed by atoms with van der Waals surface area (Å²) in [6.07, 6.45) is 1.02. The van der Waals surface area contributed by atoms with Gasteiger partial charge in [0, 0.05) is 11.5 Å². The molecule has 2 aromatic carbocycles. The van der Waals surface area contributed by atoms with Crippen molar-refractivity contribution in [2.75, 3.05) is 13.7 Å². The Hall–Kier alpha value is -1.96. The lowest BCUT2D eigenvalue weighted by Gasteiger charge is -2.26. The Kier molecular flexibility index (Phi) is 2.93. The standard InChI is InChI=1S/C16H16O2/c1-17-13-7-8-16-15(11-13)14(9-10-18-16)12-5-3-2-4-6-12/h2-8,11,14H,9-10H2,1H3. The van der Waals surface area contributed by atoms with E-state index >= 15 is 0 Å². The summed E-state index contributed by atoms with van der Waals surface area (Å²) in [7, 11) is 1.70. The third kappa shape index (κ3) is 1.94. The fraction of sp³-hybridized carbons (Fsp3) is 0.250. The van der Waals surface area contributed by atoms with Gasteiger partial charge in [-0.15, -0.1) is 0 Å². The van der Waals surface area contributed by atoms with Crippen molar-refractivity contribution in [3.05, 3.63) is 59.7 Å². The Morgan fingerprint density at radius 1 is 1.11 bits per heavy atom. The second-order valence-electron chi connectivity index (χ2n) is 4.50. The van der Waals surface area contributed by atoms with Gasteiger partial charge in [-0.25, -0.2) is 0 Å². The number of benzene rings is 2. The average molecular weight is 240 g/mol. The molecule has 1 aliphatic rings. The minimum absolute atomic E-state index is 0.407. The van der Waals surface area contributed by atoms with Gasteiger partial charge < -0.3 is 9.47 Å². The highest BCUT2D eigenvalue weighted by Gasteiger charge is 2.23. The van der Waals surface area contributed by atoms with E-state index in [-0.39, 0.29) is 0 Å². The molecular weight excluding hydrogens is 224 g/mol. The zero-order valence-corrected chi connectivity index (χ0v) is 10.4. The number of ether oxygens (including phenoxy) is 2. The molecule has 3 rings (SSSR count). The first-order chi connectivity index (χ1) is 8.88. The van der Waals surface area contributed by atoms with Gasteiger partial charge in [0.1, 0.15) is 11.5 Å². The van der Waals surface area contributed by atoms with Gasteiger partial charge >= 0.3 is 0 Å². The molecule has 92 valence electrons. The topological polar surface area (TPSA) is 18.5 Å². The van der Waals surface area contributed by atoms with E-state index in [9.17, 15) is 0 Å². The summed E-state index contributed by atoms with van der Waals surface area (Å²) >= 11 is 0. The summed E-state index contributed by atoms with van der Waals surface area (Å²) in [6.45, 7) is 0.777. The predicted molar refractivity (Wildman–Crippen MR) is 71.4 cm³/mol. The van der Waals surface area contributed by atoms with E-state index < -0.39 is 0 Å². The van der Waals surface area contributed by atoms with Crippen molar-refractivity contribution >= 4 is 0 Å². The second-order valence-corrected chi connectivity index (χ2v) is 4.50. The fourth-order valence-corrected chi connectivity index (χ4v) is 2.53. The Labute approximate surface area is 107 Å². The van der Waals surface area contributed by atoms with Crippen molar-refractivity contribution in [1.82, 2.24) is 0 Å². The monoisotopic (exact) mass is 240 g/mol. The van der Waals surface area contributed by atoms with Crippen molar-refractivity contribution < 1.29 is 9.47 Å². The van der Waals surface area contributed by atoms with Gasteiger partial charge in [-0.1, -0.05) is 30.3 Å². The maximum absolute atomic E-state index is 5.72. The van der Waals surface area contributed by atoms with Crippen molar-refractivity contribution in [1.29, 1.82) is 0 Å². The van der Waals surface area contributed by atoms with Crippen LogP contribution in [-0.2, 0) is 0 Å². The van der Waals surface area contributed by atoms with E-state index in [1.165, 1.54) is 11.1 Å². The molecule has 0 radical (unpaired) electrons. The fourth-order valence-electron chi connectivity index (χ4n) is 2.53. The quantitative estimate of drug-likeness (QED) is 0.798. The van der Waals surface area contributed by atoms with E-state index in [1.807, 2.05) is 12.1 Å². The lowest BCUT2D eigenvalue weighted by atomic mass is 9.87. The Balaban J connectivity index is 2.05. The van der Waals surface area contributed by atoms with E-state index in [0.29, 0.717) is 5.92 Å². The van der Waals surface area contributed by atoms with Crippen LogP contribution < -0.4 is 9.47 Å². The predicted octanol–water partition coefficient (Wildman–Crippen LogP) is 3.61. The van der Waals surface area contributed by atoms with E-state index in [2.05, 4.69) is 36.4 Å². The first kappa shape index (κ1) is 11.1. The zero-order chi connectivity index (χ0) is 12.4. The van der Waals surface area contributed by atoms with Crippen LogP contribution in [0.4, 0.5) is 0 Å². The molecule has 2 heteroatoms. The number of rotatable bonds is 2. The van der Waals surface area contributed by atoms with Crippen LogP contribution in [0.2, 0.25) is 0 Å². The van der Waals surface area contributed by atoms with Crippen molar-refractivity contribution in [2.45, 2.75) is 12.3 Å². The highest BCUT2D eigenvalue weighted by atomic mass is 16.5. The first-order valence-electron chi connectivity index (χ1n) is 6.24. The minimum Gasteiger partial charge on any atom is -0.497 e. The van der Waals surface area contributed by atoms with E-state index in [0.717, 1.165) is 24.5 Å². The third-order valence-electron chi connectivity index (χ3n) is 3.46. The van der Waals surface area contributed by atoms with Crippen LogP contribution >= 0.6 is 0 Å². The Bertz CT molecular complexity index is 534. The average Bonchev–Trinajstić information content (AvgIpc) is 2.47. The summed E-state index contributed by atoms with van der Waals surface area (Å²) in [6, 6.07) is 16.6. The molecule has 0 fully saturated rings. The highest BCUT2D eigenvalue weighted by Crippen LogP contribution is 2.39. The molecule has 1 unspecified atom stereocenters. The molecule has 2 aromatic rings. The minimum atomic E-state index is 0.407. The molecule has 0 aliphatic carbocycles. The summed E-state index contributed by atoms with van der Waals surface area (Å²) in [5.74, 6) is 2.28. The normalized spacial score (nSPS) is 17.7. The zero-order valence-electron chi connectivity index (χ0n) is 10.4. The van der Waals surface area contributed by atoms with Gasteiger partial charge in [-0.2, -0.15) is 0 Å². The van der Waals surface area contributed by atoms with Crippen LogP contribution in [0.25, 0.3) is 0 Å². The Morgan fingerprint density at radius 3 is 2.72 bits per heavy atom. The van der Waals surface area contributed by atoms with Gasteiger partial charge in [-0.05, 0) is 30.2 Å².